The summed E-state index contributed by atoms with van der Waals surface area (Å²) in [6.07, 6.45) is 4.00. The minimum Gasteiger partial charge on any atom is -0.396 e. The zero-order chi connectivity index (χ0) is 12.8. The predicted molar refractivity (Wildman–Crippen MR) is 68.3 cm³/mol. The van der Waals surface area contributed by atoms with Gasteiger partial charge in [0.2, 0.25) is 0 Å². The van der Waals surface area contributed by atoms with Crippen molar-refractivity contribution in [2.24, 2.45) is 5.92 Å². The lowest BCUT2D eigenvalue weighted by Gasteiger charge is -2.18. The third-order valence-corrected chi connectivity index (χ3v) is 2.47. The molecule has 1 rings (SSSR count). The largest absolute Gasteiger partial charge is 0.396 e. The summed E-state index contributed by atoms with van der Waals surface area (Å²) in [5, 5.41) is 8.77. The van der Waals surface area contributed by atoms with Crippen LogP contribution in [0.25, 0.3) is 0 Å². The van der Waals surface area contributed by atoms with Gasteiger partial charge in [0, 0.05) is 39.1 Å². The number of nitrogens with zero attached hydrogens (tertiary/aromatic N) is 3. The summed E-state index contributed by atoms with van der Waals surface area (Å²) in [5.74, 6) is 0.868. The highest BCUT2D eigenvalue weighted by Gasteiger charge is 2.10. The number of aliphatic hydroxyl groups is 1. The van der Waals surface area contributed by atoms with Crippen LogP contribution in [-0.4, -0.2) is 34.9 Å². The molecule has 0 bridgehead atoms. The summed E-state index contributed by atoms with van der Waals surface area (Å²) in [7, 11) is 1.82. The summed E-state index contributed by atoms with van der Waals surface area (Å²) >= 11 is 0. The number of aliphatic hydroxyl groups excluding tert-OH is 1. The van der Waals surface area contributed by atoms with Gasteiger partial charge in [-0.2, -0.15) is 0 Å². The minimum absolute atomic E-state index is 0.0679. The first-order chi connectivity index (χ1) is 8.06. The lowest BCUT2D eigenvalue weighted by atomic mass is 10.2. The first-order valence-electron chi connectivity index (χ1n) is 5.93. The molecule has 1 aromatic rings. The fourth-order valence-electron chi connectivity index (χ4n) is 1.65. The summed E-state index contributed by atoms with van der Waals surface area (Å²) in [6.45, 7) is 5.59. The Hall–Kier alpha value is -1.36. The van der Waals surface area contributed by atoms with E-state index in [1.807, 2.05) is 7.05 Å². The molecule has 5 heteroatoms. The third kappa shape index (κ3) is 3.85. The Balaban J connectivity index is 2.89. The molecule has 0 amide bonds. The van der Waals surface area contributed by atoms with Gasteiger partial charge in [-0.15, -0.1) is 0 Å². The Labute approximate surface area is 102 Å². The summed E-state index contributed by atoms with van der Waals surface area (Å²) in [4.78, 5) is 18.0. The molecule has 0 saturated carbocycles. The normalized spacial score (nSPS) is 10.9. The van der Waals surface area contributed by atoms with Crippen LogP contribution in [0.1, 0.15) is 20.3 Å². The summed E-state index contributed by atoms with van der Waals surface area (Å²) < 4.78 is 1.68. The molecule has 0 aliphatic carbocycles. The quantitative estimate of drug-likeness (QED) is 0.794. The van der Waals surface area contributed by atoms with Crippen molar-refractivity contribution in [2.75, 3.05) is 25.1 Å². The molecule has 0 saturated heterocycles. The van der Waals surface area contributed by atoms with Gasteiger partial charge in [-0.05, 0) is 12.3 Å². The molecule has 0 atom stereocenters. The highest BCUT2D eigenvalue weighted by Crippen LogP contribution is 2.03. The second-order valence-corrected chi connectivity index (χ2v) is 4.60. The van der Waals surface area contributed by atoms with Crippen molar-refractivity contribution in [1.29, 1.82) is 0 Å². The molecule has 5 nitrogen and oxygen atoms in total. The zero-order valence-corrected chi connectivity index (χ0v) is 10.8. The number of anilines is 1. The molecule has 0 aliphatic heterocycles. The van der Waals surface area contributed by atoms with E-state index in [0.29, 0.717) is 31.2 Å². The average molecular weight is 239 g/mol. The van der Waals surface area contributed by atoms with Gasteiger partial charge in [0.05, 0.1) is 0 Å². The fourth-order valence-corrected chi connectivity index (χ4v) is 1.65. The minimum atomic E-state index is -0.0679. The number of rotatable bonds is 6. The maximum Gasteiger partial charge on any atom is 0.293 e. The Kier molecular flexibility index (Phi) is 5.15. The van der Waals surface area contributed by atoms with Crippen LogP contribution < -0.4 is 10.5 Å². The molecule has 0 aromatic carbocycles. The molecule has 1 aromatic heterocycles. The summed E-state index contributed by atoms with van der Waals surface area (Å²) in [6, 6.07) is 0. The van der Waals surface area contributed by atoms with Gasteiger partial charge < -0.3 is 14.6 Å². The van der Waals surface area contributed by atoms with E-state index >= 15 is 0 Å². The number of aromatic nitrogens is 2. The molecule has 96 valence electrons. The average Bonchev–Trinajstić information content (AvgIpc) is 2.28. The van der Waals surface area contributed by atoms with E-state index in [2.05, 4.69) is 18.8 Å². The van der Waals surface area contributed by atoms with Crippen LogP contribution in [0.4, 0.5) is 5.82 Å². The molecule has 0 fully saturated rings. The van der Waals surface area contributed by atoms with Gasteiger partial charge in [0.25, 0.3) is 5.56 Å². The Bertz CT molecular complexity index is 401. The van der Waals surface area contributed by atoms with Crippen molar-refractivity contribution >= 4 is 5.82 Å². The van der Waals surface area contributed by atoms with E-state index in [1.165, 1.54) is 0 Å². The molecule has 1 N–H and O–H groups in total. The molecule has 1 heterocycles. The van der Waals surface area contributed by atoms with Crippen LogP contribution >= 0.6 is 0 Å². The maximum atomic E-state index is 12.1. The number of hydrogen-bond donors (Lipinski definition) is 1. The van der Waals surface area contributed by atoms with Gasteiger partial charge in [-0.25, -0.2) is 4.98 Å². The van der Waals surface area contributed by atoms with Gasteiger partial charge in [0.15, 0.2) is 5.82 Å². The van der Waals surface area contributed by atoms with Gasteiger partial charge in [-0.3, -0.25) is 4.79 Å². The highest BCUT2D eigenvalue weighted by molar-refractivity contribution is 5.34. The lowest BCUT2D eigenvalue weighted by Crippen LogP contribution is -2.32. The molecule has 17 heavy (non-hydrogen) atoms. The number of hydrogen-bond acceptors (Lipinski definition) is 4. The van der Waals surface area contributed by atoms with Gasteiger partial charge >= 0.3 is 0 Å². The van der Waals surface area contributed by atoms with Crippen molar-refractivity contribution in [3.8, 4) is 0 Å². The Morgan fingerprint density at radius 3 is 2.82 bits per heavy atom. The van der Waals surface area contributed by atoms with Crippen LogP contribution in [0.15, 0.2) is 17.2 Å². The second-order valence-electron chi connectivity index (χ2n) is 4.60. The van der Waals surface area contributed by atoms with Crippen molar-refractivity contribution in [3.05, 3.63) is 22.7 Å². The molecule has 0 spiro atoms. The van der Waals surface area contributed by atoms with Gasteiger partial charge in [-0.1, -0.05) is 13.8 Å². The molecule has 0 unspecified atom stereocenters. The van der Waals surface area contributed by atoms with Gasteiger partial charge in [0.1, 0.15) is 0 Å². The van der Waals surface area contributed by atoms with Crippen molar-refractivity contribution < 1.29 is 5.11 Å². The van der Waals surface area contributed by atoms with Crippen LogP contribution in [0.5, 0.6) is 0 Å². The third-order valence-electron chi connectivity index (χ3n) is 2.47. The standard InChI is InChI=1S/C12H21N3O2/c1-10(2)9-15-7-5-13-11(12(15)17)14(3)6-4-8-16/h5,7,10,16H,4,6,8-9H2,1-3H3. The Morgan fingerprint density at radius 1 is 1.53 bits per heavy atom. The smallest absolute Gasteiger partial charge is 0.293 e. The van der Waals surface area contributed by atoms with E-state index < -0.39 is 0 Å². The maximum absolute atomic E-state index is 12.1. The molecular formula is C12H21N3O2. The van der Waals surface area contributed by atoms with E-state index in [1.54, 1.807) is 21.9 Å². The van der Waals surface area contributed by atoms with Crippen LogP contribution in [0.2, 0.25) is 0 Å². The topological polar surface area (TPSA) is 58.4 Å². The van der Waals surface area contributed by atoms with Crippen molar-refractivity contribution in [1.82, 2.24) is 9.55 Å². The highest BCUT2D eigenvalue weighted by atomic mass is 16.3. The first-order valence-corrected chi connectivity index (χ1v) is 5.93. The Morgan fingerprint density at radius 2 is 2.24 bits per heavy atom. The second kappa shape index (κ2) is 6.39. The lowest BCUT2D eigenvalue weighted by molar-refractivity contribution is 0.290. The molecular weight excluding hydrogens is 218 g/mol. The predicted octanol–water partition coefficient (Wildman–Crippen LogP) is 0.718. The van der Waals surface area contributed by atoms with Crippen LogP contribution in [-0.2, 0) is 6.54 Å². The SMILES string of the molecule is CC(C)Cn1ccnc(N(C)CCCO)c1=O. The van der Waals surface area contributed by atoms with E-state index in [-0.39, 0.29) is 12.2 Å². The first kappa shape index (κ1) is 13.7. The van der Waals surface area contributed by atoms with Crippen LogP contribution in [0, 0.1) is 5.92 Å². The monoisotopic (exact) mass is 239 g/mol. The fraction of sp³-hybridized carbons (Fsp3) is 0.667. The van der Waals surface area contributed by atoms with Crippen molar-refractivity contribution in [3.63, 3.8) is 0 Å². The van der Waals surface area contributed by atoms with Crippen molar-refractivity contribution in [2.45, 2.75) is 26.8 Å². The summed E-state index contributed by atoms with van der Waals surface area (Å²) in [5.41, 5.74) is -0.0679. The van der Waals surface area contributed by atoms with E-state index in [4.69, 9.17) is 5.11 Å². The molecule has 0 aliphatic rings. The zero-order valence-electron chi connectivity index (χ0n) is 10.8. The van der Waals surface area contributed by atoms with Crippen LogP contribution in [0.3, 0.4) is 0 Å². The van der Waals surface area contributed by atoms with E-state index in [0.717, 1.165) is 0 Å². The van der Waals surface area contributed by atoms with E-state index in [9.17, 15) is 4.79 Å². The molecule has 0 radical (unpaired) electrons.